The lowest BCUT2D eigenvalue weighted by Gasteiger charge is -2.25. The molecule has 3 aromatic carbocycles. The zero-order valence-corrected chi connectivity index (χ0v) is 27.2. The highest BCUT2D eigenvalue weighted by Crippen LogP contribution is 2.24. The van der Waals surface area contributed by atoms with E-state index in [1.165, 1.54) is 7.11 Å². The van der Waals surface area contributed by atoms with Crippen molar-refractivity contribution in [2.45, 2.75) is 58.8 Å². The van der Waals surface area contributed by atoms with Crippen molar-refractivity contribution in [3.63, 3.8) is 0 Å². The molecule has 10 nitrogen and oxygen atoms in total. The number of amides is 2. The number of benzene rings is 3. The fraction of sp³-hybridized carbons (Fsp3) is 0.389. The Morgan fingerprint density at radius 3 is 2.41 bits per heavy atom. The minimum absolute atomic E-state index is 0.179. The summed E-state index contributed by atoms with van der Waals surface area (Å²) in [6.45, 7) is 8.86. The highest BCUT2D eigenvalue weighted by Gasteiger charge is 2.24. The van der Waals surface area contributed by atoms with E-state index in [1.54, 1.807) is 24.5 Å². The van der Waals surface area contributed by atoms with Gasteiger partial charge in [-0.25, -0.2) is 4.98 Å². The molecule has 10 heteroatoms. The Balaban J connectivity index is 1.43. The number of aromatic amines is 1. The van der Waals surface area contributed by atoms with Crippen molar-refractivity contribution in [1.82, 2.24) is 30.8 Å². The van der Waals surface area contributed by atoms with Crippen molar-refractivity contribution in [3.8, 4) is 0 Å². The second-order valence-corrected chi connectivity index (χ2v) is 12.0. The molecule has 4 N–H and O–H groups in total. The van der Waals surface area contributed by atoms with Gasteiger partial charge in [-0.1, -0.05) is 68.4 Å². The van der Waals surface area contributed by atoms with Gasteiger partial charge in [0.05, 0.1) is 26.2 Å². The molecule has 2 atom stereocenters. The Morgan fingerprint density at radius 2 is 1.70 bits per heavy atom. The van der Waals surface area contributed by atoms with Crippen LogP contribution >= 0.6 is 0 Å². The van der Waals surface area contributed by atoms with Crippen molar-refractivity contribution >= 4 is 28.6 Å². The first-order chi connectivity index (χ1) is 22.2. The summed E-state index contributed by atoms with van der Waals surface area (Å²) in [4.78, 5) is 48.5. The van der Waals surface area contributed by atoms with Crippen molar-refractivity contribution in [3.05, 3.63) is 102 Å². The molecule has 0 bridgehead atoms. The van der Waals surface area contributed by atoms with Gasteiger partial charge >= 0.3 is 5.97 Å². The van der Waals surface area contributed by atoms with Crippen molar-refractivity contribution < 1.29 is 19.1 Å². The Morgan fingerprint density at radius 1 is 0.935 bits per heavy atom. The number of nitrogens with zero attached hydrogens (tertiary/aromatic N) is 2. The van der Waals surface area contributed by atoms with Gasteiger partial charge in [0.2, 0.25) is 5.91 Å². The molecule has 1 aromatic heterocycles. The molecule has 0 fully saturated rings. The quantitative estimate of drug-likeness (QED) is 0.125. The number of H-pyrrole nitrogens is 1. The van der Waals surface area contributed by atoms with E-state index in [9.17, 15) is 14.4 Å². The number of carbonyl (C=O) groups is 3. The summed E-state index contributed by atoms with van der Waals surface area (Å²) < 4.78 is 4.88. The van der Waals surface area contributed by atoms with E-state index in [0.717, 1.165) is 34.3 Å². The van der Waals surface area contributed by atoms with Crippen LogP contribution in [0, 0.1) is 5.92 Å². The standard InChI is InChI=1S/C36H46N6O4/c1-25(2)23-42(24-34(43)46-4)20-8-13-32(36(45)40-26(3)30-12-7-10-28-9-5-6-11-31(28)30)41-35(44)29-16-14-27(15-17-29)21-37-22-33-38-18-19-39-33/h5-7,9-12,14-19,25-26,32,37H,8,13,20-24H2,1-4H3,(H,38,39)(H,40,45)(H,41,44)/t26-,32-/m0/s1. The van der Waals surface area contributed by atoms with Gasteiger partial charge in [0.1, 0.15) is 11.9 Å². The summed E-state index contributed by atoms with van der Waals surface area (Å²) in [5.74, 6) is 0.338. The summed E-state index contributed by atoms with van der Waals surface area (Å²) in [5.41, 5.74) is 2.51. The molecule has 0 aliphatic carbocycles. The second kappa shape index (κ2) is 17.2. The number of ether oxygens (including phenoxy) is 1. The minimum Gasteiger partial charge on any atom is -0.468 e. The molecule has 2 amide bonds. The number of hydrogen-bond donors (Lipinski definition) is 4. The molecule has 1 heterocycles. The average Bonchev–Trinajstić information content (AvgIpc) is 3.57. The molecule has 46 heavy (non-hydrogen) atoms. The minimum atomic E-state index is -0.765. The van der Waals surface area contributed by atoms with Gasteiger partial charge in [-0.2, -0.15) is 0 Å². The van der Waals surface area contributed by atoms with Crippen LogP contribution in [0.15, 0.2) is 79.1 Å². The molecule has 0 aliphatic rings. The van der Waals surface area contributed by atoms with Gasteiger partial charge in [0, 0.05) is 31.0 Å². The summed E-state index contributed by atoms with van der Waals surface area (Å²) >= 11 is 0. The fourth-order valence-corrected chi connectivity index (χ4v) is 5.54. The number of aromatic nitrogens is 2. The SMILES string of the molecule is COC(=O)CN(CCC[C@H](NC(=O)c1ccc(CNCc2ncc[nH]2)cc1)C(=O)N[C@@H](C)c1cccc2ccccc12)CC(C)C. The monoisotopic (exact) mass is 626 g/mol. The van der Waals surface area contributed by atoms with E-state index in [-0.39, 0.29) is 30.4 Å². The third-order valence-corrected chi connectivity index (χ3v) is 7.83. The third-order valence-electron chi connectivity index (χ3n) is 7.83. The van der Waals surface area contributed by atoms with E-state index in [4.69, 9.17) is 4.74 Å². The molecular weight excluding hydrogens is 580 g/mol. The maximum Gasteiger partial charge on any atom is 0.319 e. The number of carbonyl (C=O) groups excluding carboxylic acids is 3. The van der Waals surface area contributed by atoms with Crippen LogP contribution in [-0.4, -0.2) is 65.4 Å². The molecular formula is C36H46N6O4. The summed E-state index contributed by atoms with van der Waals surface area (Å²) in [6.07, 6.45) is 4.51. The molecule has 4 rings (SSSR count). The van der Waals surface area contributed by atoms with Crippen LogP contribution in [0.4, 0.5) is 0 Å². The Labute approximate surface area is 271 Å². The van der Waals surface area contributed by atoms with E-state index in [1.807, 2.05) is 66.4 Å². The maximum absolute atomic E-state index is 13.7. The third kappa shape index (κ3) is 10.3. The van der Waals surface area contributed by atoms with Gasteiger partial charge in [-0.15, -0.1) is 0 Å². The Hall–Kier alpha value is -4.54. The van der Waals surface area contributed by atoms with Crippen LogP contribution in [0.5, 0.6) is 0 Å². The van der Waals surface area contributed by atoms with E-state index in [2.05, 4.69) is 39.8 Å². The van der Waals surface area contributed by atoms with Crippen LogP contribution < -0.4 is 16.0 Å². The van der Waals surface area contributed by atoms with E-state index >= 15 is 0 Å². The highest BCUT2D eigenvalue weighted by atomic mass is 16.5. The number of methoxy groups -OCH3 is 1. The second-order valence-electron chi connectivity index (χ2n) is 12.0. The molecule has 0 aliphatic heterocycles. The lowest BCUT2D eigenvalue weighted by atomic mass is 9.99. The predicted molar refractivity (Wildman–Crippen MR) is 180 cm³/mol. The van der Waals surface area contributed by atoms with Crippen LogP contribution in [0.3, 0.4) is 0 Å². The number of nitrogens with one attached hydrogen (secondary N) is 4. The van der Waals surface area contributed by atoms with E-state index < -0.39 is 6.04 Å². The largest absolute Gasteiger partial charge is 0.468 e. The maximum atomic E-state index is 13.7. The molecule has 0 radical (unpaired) electrons. The molecule has 0 saturated carbocycles. The van der Waals surface area contributed by atoms with Gasteiger partial charge in [-0.3, -0.25) is 19.3 Å². The van der Waals surface area contributed by atoms with Gasteiger partial charge in [0.25, 0.3) is 5.91 Å². The molecule has 0 saturated heterocycles. The first kappa shape index (κ1) is 34.3. The number of rotatable bonds is 17. The topological polar surface area (TPSA) is 128 Å². The molecule has 4 aromatic rings. The average molecular weight is 627 g/mol. The zero-order chi connectivity index (χ0) is 32.9. The van der Waals surface area contributed by atoms with Crippen molar-refractivity contribution in [1.29, 1.82) is 0 Å². The van der Waals surface area contributed by atoms with Crippen LogP contribution in [-0.2, 0) is 27.4 Å². The van der Waals surface area contributed by atoms with Gasteiger partial charge in [-0.05, 0) is 66.3 Å². The fourth-order valence-electron chi connectivity index (χ4n) is 5.54. The molecule has 0 spiro atoms. The normalized spacial score (nSPS) is 12.7. The summed E-state index contributed by atoms with van der Waals surface area (Å²) in [7, 11) is 1.38. The lowest BCUT2D eigenvalue weighted by molar-refractivity contribution is -0.142. The summed E-state index contributed by atoms with van der Waals surface area (Å²) in [5, 5.41) is 11.6. The molecule has 244 valence electrons. The number of fused-ring (bicyclic) bond motifs is 1. The van der Waals surface area contributed by atoms with Crippen molar-refractivity contribution in [2.75, 3.05) is 26.7 Å². The molecule has 0 unspecified atom stereocenters. The number of imidazole rings is 1. The van der Waals surface area contributed by atoms with Crippen LogP contribution in [0.2, 0.25) is 0 Å². The Bertz CT molecular complexity index is 1550. The zero-order valence-electron chi connectivity index (χ0n) is 27.2. The predicted octanol–water partition coefficient (Wildman–Crippen LogP) is 4.74. The van der Waals surface area contributed by atoms with E-state index in [0.29, 0.717) is 44.0 Å². The van der Waals surface area contributed by atoms with Crippen LogP contribution in [0.25, 0.3) is 10.8 Å². The van der Waals surface area contributed by atoms with Gasteiger partial charge in [0.15, 0.2) is 0 Å². The number of esters is 1. The Kier molecular flexibility index (Phi) is 12.9. The smallest absolute Gasteiger partial charge is 0.319 e. The highest BCUT2D eigenvalue weighted by molar-refractivity contribution is 5.97. The number of hydrogen-bond acceptors (Lipinski definition) is 7. The summed E-state index contributed by atoms with van der Waals surface area (Å²) in [6, 6.07) is 20.4. The van der Waals surface area contributed by atoms with Crippen LogP contribution in [0.1, 0.15) is 67.0 Å². The first-order valence-corrected chi connectivity index (χ1v) is 15.9. The first-order valence-electron chi connectivity index (χ1n) is 15.9. The van der Waals surface area contributed by atoms with Crippen molar-refractivity contribution in [2.24, 2.45) is 5.92 Å². The van der Waals surface area contributed by atoms with Gasteiger partial charge < -0.3 is 25.7 Å². The lowest BCUT2D eigenvalue weighted by Crippen LogP contribution is -2.47.